The molecule has 3 rings (SSSR count). The molecule has 1 aromatic rings. The van der Waals surface area contributed by atoms with Crippen molar-refractivity contribution >= 4 is 5.91 Å². The van der Waals surface area contributed by atoms with Gasteiger partial charge in [-0.3, -0.25) is 4.79 Å². The number of hydrogen-bond acceptors (Lipinski definition) is 3. The number of benzene rings is 1. The standard InChI is InChI=1S/C15H20N2O2/c18-13-8-10-4-1-2-6-12(10)14(13)17-15(19)11-5-3-7-16-9-11/h1-2,4,6,11,13-14,16,18H,3,5,7-9H2,(H,17,19)/t11?,13-,14+/m1/s1. The number of hydrogen-bond donors (Lipinski definition) is 3. The molecule has 3 N–H and O–H groups in total. The Bertz CT molecular complexity index is 469. The third-order valence-corrected chi connectivity index (χ3v) is 4.17. The minimum absolute atomic E-state index is 0.0358. The molecule has 4 heteroatoms. The molecule has 2 aliphatic rings. The fraction of sp³-hybridized carbons (Fsp3) is 0.533. The number of carbonyl (C=O) groups is 1. The predicted molar refractivity (Wildman–Crippen MR) is 72.6 cm³/mol. The van der Waals surface area contributed by atoms with Crippen LogP contribution in [0.4, 0.5) is 0 Å². The number of amides is 1. The van der Waals surface area contributed by atoms with Crippen molar-refractivity contribution in [3.63, 3.8) is 0 Å². The van der Waals surface area contributed by atoms with E-state index in [9.17, 15) is 9.90 Å². The van der Waals surface area contributed by atoms with Crippen molar-refractivity contribution in [3.8, 4) is 0 Å². The number of rotatable bonds is 2. The largest absolute Gasteiger partial charge is 0.390 e. The average Bonchev–Trinajstić information content (AvgIpc) is 2.76. The topological polar surface area (TPSA) is 61.4 Å². The maximum atomic E-state index is 12.2. The van der Waals surface area contributed by atoms with Gasteiger partial charge in [-0.25, -0.2) is 0 Å². The van der Waals surface area contributed by atoms with Crippen molar-refractivity contribution in [1.82, 2.24) is 10.6 Å². The highest BCUT2D eigenvalue weighted by atomic mass is 16.3. The van der Waals surface area contributed by atoms with Gasteiger partial charge in [0.25, 0.3) is 0 Å². The minimum atomic E-state index is -0.502. The molecule has 0 radical (unpaired) electrons. The quantitative estimate of drug-likeness (QED) is 0.736. The molecule has 4 nitrogen and oxygen atoms in total. The molecule has 19 heavy (non-hydrogen) atoms. The van der Waals surface area contributed by atoms with Crippen molar-refractivity contribution in [1.29, 1.82) is 0 Å². The molecule has 1 unspecified atom stereocenters. The molecule has 1 fully saturated rings. The Balaban J connectivity index is 1.71. The van der Waals surface area contributed by atoms with Gasteiger partial charge in [0.2, 0.25) is 5.91 Å². The van der Waals surface area contributed by atoms with E-state index in [0.29, 0.717) is 6.42 Å². The molecule has 102 valence electrons. The Labute approximate surface area is 113 Å². The summed E-state index contributed by atoms with van der Waals surface area (Å²) < 4.78 is 0. The van der Waals surface area contributed by atoms with Crippen LogP contribution in [0.3, 0.4) is 0 Å². The molecule has 1 aromatic carbocycles. The maximum Gasteiger partial charge on any atom is 0.224 e. The molecule has 3 atom stereocenters. The minimum Gasteiger partial charge on any atom is -0.390 e. The smallest absolute Gasteiger partial charge is 0.224 e. The van der Waals surface area contributed by atoms with Crippen molar-refractivity contribution in [2.45, 2.75) is 31.4 Å². The summed E-state index contributed by atoms with van der Waals surface area (Å²) in [6.45, 7) is 1.75. The van der Waals surface area contributed by atoms with Gasteiger partial charge in [-0.2, -0.15) is 0 Å². The molecule has 1 amide bonds. The van der Waals surface area contributed by atoms with Crippen LogP contribution in [-0.4, -0.2) is 30.2 Å². The zero-order valence-electron chi connectivity index (χ0n) is 10.9. The molecular formula is C15H20N2O2. The first-order chi connectivity index (χ1) is 9.25. The molecular weight excluding hydrogens is 240 g/mol. The van der Waals surface area contributed by atoms with Crippen LogP contribution in [-0.2, 0) is 11.2 Å². The molecule has 0 saturated carbocycles. The summed E-state index contributed by atoms with van der Waals surface area (Å²) in [5.41, 5.74) is 2.20. The molecule has 0 bridgehead atoms. The zero-order valence-corrected chi connectivity index (χ0v) is 10.9. The first-order valence-corrected chi connectivity index (χ1v) is 7.02. The van der Waals surface area contributed by atoms with Crippen LogP contribution >= 0.6 is 0 Å². The molecule has 1 saturated heterocycles. The number of fused-ring (bicyclic) bond motifs is 1. The zero-order chi connectivity index (χ0) is 13.2. The second-order valence-electron chi connectivity index (χ2n) is 5.50. The molecule has 1 aliphatic heterocycles. The summed E-state index contributed by atoms with van der Waals surface area (Å²) in [6, 6.07) is 7.70. The third-order valence-electron chi connectivity index (χ3n) is 4.17. The van der Waals surface area contributed by atoms with Crippen LogP contribution < -0.4 is 10.6 Å². The number of carbonyl (C=O) groups excluding carboxylic acids is 1. The first-order valence-electron chi connectivity index (χ1n) is 7.02. The molecule has 1 aliphatic carbocycles. The van der Waals surface area contributed by atoms with Gasteiger partial charge in [-0.1, -0.05) is 24.3 Å². The van der Waals surface area contributed by atoms with Gasteiger partial charge >= 0.3 is 0 Å². The number of piperidine rings is 1. The Morgan fingerprint density at radius 3 is 3.00 bits per heavy atom. The van der Waals surface area contributed by atoms with Crippen LogP contribution in [0.15, 0.2) is 24.3 Å². The summed E-state index contributed by atoms with van der Waals surface area (Å²) in [4.78, 5) is 12.2. The van der Waals surface area contributed by atoms with Gasteiger partial charge in [0.1, 0.15) is 0 Å². The molecule has 0 spiro atoms. The van der Waals surface area contributed by atoms with E-state index in [4.69, 9.17) is 0 Å². The second kappa shape index (κ2) is 5.31. The Hall–Kier alpha value is -1.39. The van der Waals surface area contributed by atoms with Gasteiger partial charge in [0.05, 0.1) is 18.1 Å². The highest BCUT2D eigenvalue weighted by Crippen LogP contribution is 2.31. The molecule has 1 heterocycles. The second-order valence-corrected chi connectivity index (χ2v) is 5.50. The fourth-order valence-corrected chi connectivity index (χ4v) is 3.09. The van der Waals surface area contributed by atoms with E-state index in [0.717, 1.165) is 37.1 Å². The van der Waals surface area contributed by atoms with E-state index < -0.39 is 6.10 Å². The highest BCUT2D eigenvalue weighted by Gasteiger charge is 2.33. The first kappa shape index (κ1) is 12.6. The monoisotopic (exact) mass is 260 g/mol. The maximum absolute atomic E-state index is 12.2. The number of aliphatic hydroxyl groups excluding tert-OH is 1. The van der Waals surface area contributed by atoms with Crippen molar-refractivity contribution in [3.05, 3.63) is 35.4 Å². The van der Waals surface area contributed by atoms with Gasteiger partial charge in [0, 0.05) is 13.0 Å². The van der Waals surface area contributed by atoms with Crippen LogP contribution in [0.2, 0.25) is 0 Å². The van der Waals surface area contributed by atoms with Gasteiger partial charge < -0.3 is 15.7 Å². The van der Waals surface area contributed by atoms with Gasteiger partial charge in [-0.05, 0) is 30.5 Å². The summed E-state index contributed by atoms with van der Waals surface area (Å²) in [6.07, 6.45) is 2.10. The van der Waals surface area contributed by atoms with Crippen LogP contribution in [0.25, 0.3) is 0 Å². The Morgan fingerprint density at radius 1 is 1.37 bits per heavy atom. The van der Waals surface area contributed by atoms with Crippen LogP contribution in [0.1, 0.15) is 30.0 Å². The SMILES string of the molecule is O=C(N[C@H]1c2ccccc2C[C@H]1O)C1CCCNC1. The summed E-state index contributed by atoms with van der Waals surface area (Å²) in [5.74, 6) is 0.0988. The van der Waals surface area contributed by atoms with E-state index in [1.807, 2.05) is 24.3 Å². The summed E-state index contributed by atoms with van der Waals surface area (Å²) in [7, 11) is 0. The summed E-state index contributed by atoms with van der Waals surface area (Å²) in [5, 5.41) is 16.4. The normalized spacial score (nSPS) is 29.8. The lowest BCUT2D eigenvalue weighted by atomic mass is 9.97. The van der Waals surface area contributed by atoms with Crippen LogP contribution in [0, 0.1) is 5.92 Å². The average molecular weight is 260 g/mol. The third kappa shape index (κ3) is 2.51. The fourth-order valence-electron chi connectivity index (χ4n) is 3.09. The summed E-state index contributed by atoms with van der Waals surface area (Å²) >= 11 is 0. The number of nitrogens with one attached hydrogen (secondary N) is 2. The van der Waals surface area contributed by atoms with Gasteiger partial charge in [0.15, 0.2) is 0 Å². The van der Waals surface area contributed by atoms with Crippen molar-refractivity contribution in [2.24, 2.45) is 5.92 Å². The van der Waals surface area contributed by atoms with Crippen molar-refractivity contribution < 1.29 is 9.90 Å². The lowest BCUT2D eigenvalue weighted by molar-refractivity contribution is -0.127. The van der Waals surface area contributed by atoms with Crippen LogP contribution in [0.5, 0.6) is 0 Å². The van der Waals surface area contributed by atoms with E-state index in [-0.39, 0.29) is 17.9 Å². The lowest BCUT2D eigenvalue weighted by Crippen LogP contribution is -2.43. The Morgan fingerprint density at radius 2 is 2.21 bits per heavy atom. The van der Waals surface area contributed by atoms with E-state index >= 15 is 0 Å². The lowest BCUT2D eigenvalue weighted by Gasteiger charge is -2.25. The molecule has 0 aromatic heterocycles. The highest BCUT2D eigenvalue weighted by molar-refractivity contribution is 5.79. The predicted octanol–water partition coefficient (Wildman–Crippen LogP) is 0.760. The van der Waals surface area contributed by atoms with E-state index in [2.05, 4.69) is 10.6 Å². The van der Waals surface area contributed by atoms with Crippen molar-refractivity contribution in [2.75, 3.05) is 13.1 Å². The Kier molecular flexibility index (Phi) is 3.53. The van der Waals surface area contributed by atoms with E-state index in [1.165, 1.54) is 0 Å². The van der Waals surface area contributed by atoms with Gasteiger partial charge in [-0.15, -0.1) is 0 Å². The number of aliphatic hydroxyl groups is 1. The van der Waals surface area contributed by atoms with E-state index in [1.54, 1.807) is 0 Å².